The Bertz CT molecular complexity index is 520. The number of ether oxygens (including phenoxy) is 1. The second kappa shape index (κ2) is 4.78. The summed E-state index contributed by atoms with van der Waals surface area (Å²) in [6, 6.07) is 6.13. The van der Waals surface area contributed by atoms with Crippen LogP contribution in [-0.2, 0) is 11.2 Å². The van der Waals surface area contributed by atoms with Crippen molar-refractivity contribution in [1.82, 2.24) is 9.97 Å². The lowest BCUT2D eigenvalue weighted by molar-refractivity contribution is 0.0594. The van der Waals surface area contributed by atoms with Crippen LogP contribution in [0.4, 0.5) is 4.39 Å². The Morgan fingerprint density at radius 1 is 1.41 bits per heavy atom. The van der Waals surface area contributed by atoms with Crippen LogP contribution in [0, 0.1) is 5.82 Å². The molecule has 1 aromatic heterocycles. The van der Waals surface area contributed by atoms with E-state index in [0.717, 1.165) is 5.56 Å². The van der Waals surface area contributed by atoms with Crippen molar-refractivity contribution < 1.29 is 13.9 Å². The number of rotatable bonds is 3. The average molecular weight is 234 g/mol. The van der Waals surface area contributed by atoms with Crippen molar-refractivity contribution in [3.05, 3.63) is 53.4 Å². The molecule has 0 aliphatic carbocycles. The van der Waals surface area contributed by atoms with E-state index in [4.69, 9.17) is 0 Å². The summed E-state index contributed by atoms with van der Waals surface area (Å²) in [6.07, 6.45) is 1.93. The predicted molar refractivity (Wildman–Crippen MR) is 59.1 cm³/mol. The van der Waals surface area contributed by atoms with Crippen LogP contribution in [-0.4, -0.2) is 23.0 Å². The predicted octanol–water partition coefficient (Wildman–Crippen LogP) is 1.93. The fourth-order valence-electron chi connectivity index (χ4n) is 1.46. The fraction of sp³-hybridized carbons (Fsp3) is 0.167. The van der Waals surface area contributed by atoms with Gasteiger partial charge in [0.25, 0.3) is 0 Å². The van der Waals surface area contributed by atoms with Gasteiger partial charge in [0.1, 0.15) is 17.3 Å². The van der Waals surface area contributed by atoms with Gasteiger partial charge in [-0.1, -0.05) is 12.1 Å². The van der Waals surface area contributed by atoms with Gasteiger partial charge in [-0.25, -0.2) is 14.2 Å². The summed E-state index contributed by atoms with van der Waals surface area (Å²) in [6.45, 7) is 0. The standard InChI is InChI=1S/C12H11FN2O2/c1-17-12(16)10-7-14-11(15-10)6-8-2-4-9(13)5-3-8/h2-5,7H,6H2,1H3,(H,14,15). The van der Waals surface area contributed by atoms with Crippen molar-refractivity contribution in [3.63, 3.8) is 0 Å². The highest BCUT2D eigenvalue weighted by atomic mass is 19.1. The van der Waals surface area contributed by atoms with Crippen LogP contribution in [0.1, 0.15) is 21.9 Å². The Morgan fingerprint density at radius 3 is 2.76 bits per heavy atom. The number of hydrogen-bond acceptors (Lipinski definition) is 3. The van der Waals surface area contributed by atoms with Crippen LogP contribution in [0.15, 0.2) is 30.5 Å². The van der Waals surface area contributed by atoms with Gasteiger partial charge in [-0.3, -0.25) is 0 Å². The van der Waals surface area contributed by atoms with E-state index in [1.54, 1.807) is 12.1 Å². The first-order valence-electron chi connectivity index (χ1n) is 5.05. The molecule has 1 aromatic carbocycles. The molecule has 0 spiro atoms. The monoisotopic (exact) mass is 234 g/mol. The molecule has 88 valence electrons. The molecule has 0 aliphatic heterocycles. The largest absolute Gasteiger partial charge is 0.464 e. The molecular weight excluding hydrogens is 223 g/mol. The van der Waals surface area contributed by atoms with Crippen LogP contribution in [0.25, 0.3) is 0 Å². The summed E-state index contributed by atoms with van der Waals surface area (Å²) in [7, 11) is 1.31. The molecule has 0 fully saturated rings. The van der Waals surface area contributed by atoms with E-state index >= 15 is 0 Å². The van der Waals surface area contributed by atoms with Crippen LogP contribution in [0.2, 0.25) is 0 Å². The van der Waals surface area contributed by atoms with Crippen molar-refractivity contribution in [2.75, 3.05) is 7.11 Å². The molecule has 4 nitrogen and oxygen atoms in total. The molecule has 0 amide bonds. The van der Waals surface area contributed by atoms with Gasteiger partial charge in [-0.05, 0) is 17.7 Å². The summed E-state index contributed by atoms with van der Waals surface area (Å²) in [4.78, 5) is 18.1. The van der Waals surface area contributed by atoms with Crippen LogP contribution in [0.5, 0.6) is 0 Å². The van der Waals surface area contributed by atoms with Crippen molar-refractivity contribution in [1.29, 1.82) is 0 Å². The second-order valence-electron chi connectivity index (χ2n) is 3.54. The molecule has 2 aromatic rings. The maximum atomic E-state index is 12.7. The van der Waals surface area contributed by atoms with Gasteiger partial charge < -0.3 is 9.72 Å². The molecule has 0 saturated carbocycles. The van der Waals surface area contributed by atoms with E-state index < -0.39 is 5.97 Å². The van der Waals surface area contributed by atoms with Gasteiger partial charge in [-0.15, -0.1) is 0 Å². The van der Waals surface area contributed by atoms with E-state index in [9.17, 15) is 9.18 Å². The van der Waals surface area contributed by atoms with Gasteiger partial charge in [0.05, 0.1) is 13.3 Å². The molecule has 0 atom stereocenters. The van der Waals surface area contributed by atoms with Crippen molar-refractivity contribution in [2.24, 2.45) is 0 Å². The quantitative estimate of drug-likeness (QED) is 0.825. The molecule has 1 N–H and O–H groups in total. The van der Waals surface area contributed by atoms with E-state index in [-0.39, 0.29) is 5.82 Å². The summed E-state index contributed by atoms with van der Waals surface area (Å²) in [5.41, 5.74) is 1.22. The number of hydrogen-bond donors (Lipinski definition) is 1. The maximum Gasteiger partial charge on any atom is 0.356 e. The molecule has 0 radical (unpaired) electrons. The smallest absolute Gasteiger partial charge is 0.356 e. The minimum atomic E-state index is -0.456. The number of imidazole rings is 1. The number of methoxy groups -OCH3 is 1. The van der Waals surface area contributed by atoms with Gasteiger partial charge in [0.15, 0.2) is 0 Å². The number of aromatic amines is 1. The summed E-state index contributed by atoms with van der Waals surface area (Å²) < 4.78 is 17.3. The molecule has 0 aliphatic rings. The number of carbonyl (C=O) groups excluding carboxylic acids is 1. The number of halogens is 1. The Labute approximate surface area is 97.5 Å². The lowest BCUT2D eigenvalue weighted by Crippen LogP contribution is -2.01. The molecule has 0 unspecified atom stereocenters. The Morgan fingerprint density at radius 2 is 2.12 bits per heavy atom. The first-order chi connectivity index (χ1) is 8.19. The Balaban J connectivity index is 2.11. The SMILES string of the molecule is COC(=O)c1cnc(Cc2ccc(F)cc2)[nH]1. The summed E-state index contributed by atoms with van der Waals surface area (Å²) >= 11 is 0. The third kappa shape index (κ3) is 2.69. The van der Waals surface area contributed by atoms with Crippen molar-refractivity contribution >= 4 is 5.97 Å². The lowest BCUT2D eigenvalue weighted by atomic mass is 10.1. The number of esters is 1. The van der Waals surface area contributed by atoms with Gasteiger partial charge in [0, 0.05) is 6.42 Å². The van der Waals surface area contributed by atoms with Gasteiger partial charge >= 0.3 is 5.97 Å². The number of nitrogens with one attached hydrogen (secondary N) is 1. The topological polar surface area (TPSA) is 55.0 Å². The lowest BCUT2D eigenvalue weighted by Gasteiger charge is -1.98. The first-order valence-corrected chi connectivity index (χ1v) is 5.05. The number of H-pyrrole nitrogens is 1. The van der Waals surface area contributed by atoms with Crippen molar-refractivity contribution in [3.8, 4) is 0 Å². The summed E-state index contributed by atoms with van der Waals surface area (Å²) in [5.74, 6) is -0.0942. The molecule has 0 bridgehead atoms. The third-order valence-electron chi connectivity index (χ3n) is 2.32. The normalized spacial score (nSPS) is 10.2. The minimum absolute atomic E-state index is 0.275. The van der Waals surface area contributed by atoms with E-state index in [1.807, 2.05) is 0 Å². The zero-order valence-corrected chi connectivity index (χ0v) is 9.24. The highest BCUT2D eigenvalue weighted by Gasteiger charge is 2.09. The number of aromatic nitrogens is 2. The van der Waals surface area contributed by atoms with Crippen LogP contribution in [0.3, 0.4) is 0 Å². The molecule has 17 heavy (non-hydrogen) atoms. The number of benzene rings is 1. The van der Waals surface area contributed by atoms with Crippen molar-refractivity contribution in [2.45, 2.75) is 6.42 Å². The highest BCUT2D eigenvalue weighted by Crippen LogP contribution is 2.08. The number of carbonyl (C=O) groups is 1. The van der Waals surface area contributed by atoms with E-state index in [0.29, 0.717) is 17.9 Å². The van der Waals surface area contributed by atoms with Gasteiger partial charge in [-0.2, -0.15) is 0 Å². The molecule has 1 heterocycles. The molecular formula is C12H11FN2O2. The first kappa shape index (κ1) is 11.3. The molecule has 2 rings (SSSR count). The minimum Gasteiger partial charge on any atom is -0.464 e. The second-order valence-corrected chi connectivity index (χ2v) is 3.54. The Hall–Kier alpha value is -2.17. The average Bonchev–Trinajstić information content (AvgIpc) is 2.80. The summed E-state index contributed by atoms with van der Waals surface area (Å²) in [5, 5.41) is 0. The molecule has 5 heteroatoms. The van der Waals surface area contributed by atoms with Crippen LogP contribution < -0.4 is 0 Å². The van der Waals surface area contributed by atoms with E-state index in [2.05, 4.69) is 14.7 Å². The van der Waals surface area contributed by atoms with Crippen LogP contribution >= 0.6 is 0 Å². The van der Waals surface area contributed by atoms with E-state index in [1.165, 1.54) is 25.4 Å². The number of nitrogens with zero attached hydrogens (tertiary/aromatic N) is 1. The zero-order chi connectivity index (χ0) is 12.3. The maximum absolute atomic E-state index is 12.7. The molecule has 0 saturated heterocycles. The van der Waals surface area contributed by atoms with Gasteiger partial charge in [0.2, 0.25) is 0 Å². The Kier molecular flexibility index (Phi) is 3.18. The zero-order valence-electron chi connectivity index (χ0n) is 9.24. The highest BCUT2D eigenvalue weighted by molar-refractivity contribution is 5.86. The fourth-order valence-corrected chi connectivity index (χ4v) is 1.46. The third-order valence-corrected chi connectivity index (χ3v) is 2.32.